The van der Waals surface area contributed by atoms with Crippen molar-refractivity contribution in [3.05, 3.63) is 71.2 Å². The van der Waals surface area contributed by atoms with E-state index in [1.807, 2.05) is 91.7 Å². The zero-order valence-corrected chi connectivity index (χ0v) is 16.3. The van der Waals surface area contributed by atoms with Crippen LogP contribution in [0.1, 0.15) is 38.7 Å². The van der Waals surface area contributed by atoms with Crippen LogP contribution in [0.4, 0.5) is 11.5 Å². The molecule has 3 heteroatoms. The zero-order chi connectivity index (χ0) is 23.4. The van der Waals surface area contributed by atoms with Crippen LogP contribution in [0.3, 0.4) is 0 Å². The molecule has 0 N–H and O–H groups in total. The summed E-state index contributed by atoms with van der Waals surface area (Å²) in [6.07, 6.45) is 0.225. The van der Waals surface area contributed by atoms with E-state index < -0.39 is 20.1 Å². The van der Waals surface area contributed by atoms with Crippen molar-refractivity contribution < 1.29 is 11.4 Å². The average molecular weight is 360 g/mol. The minimum absolute atomic E-state index is 0.227. The normalized spacial score (nSPS) is 17.7. The second-order valence-corrected chi connectivity index (χ2v) is 7.50. The van der Waals surface area contributed by atoms with Crippen LogP contribution < -0.4 is 9.38 Å². The van der Waals surface area contributed by atoms with Crippen LogP contribution in [0.15, 0.2) is 60.1 Å². The molecule has 0 unspecified atom stereocenters. The van der Waals surface area contributed by atoms with Crippen LogP contribution in [-0.4, -0.2) is 6.85 Å². The summed E-state index contributed by atoms with van der Waals surface area (Å²) >= 11 is 0. The van der Waals surface area contributed by atoms with Crippen LogP contribution in [0.25, 0.3) is 17.0 Å². The van der Waals surface area contributed by atoms with Crippen LogP contribution in [0, 0.1) is 5.92 Å². The lowest BCUT2D eigenvalue weighted by Crippen LogP contribution is -2.45. The lowest BCUT2D eigenvalue weighted by molar-refractivity contribution is -0.631. The van der Waals surface area contributed by atoms with Crippen LogP contribution in [-0.2, 0) is 13.4 Å². The Morgan fingerprint density at radius 1 is 1.15 bits per heavy atom. The summed E-state index contributed by atoms with van der Waals surface area (Å²) in [6, 6.07) is 17.5. The number of benzene rings is 2. The van der Waals surface area contributed by atoms with E-state index in [1.165, 1.54) is 0 Å². The molecule has 3 aromatic rings. The predicted octanol–water partition coefficient (Wildman–Crippen LogP) is 5.58. The number of aromatic nitrogens is 1. The number of hydrogen-bond acceptors (Lipinski definition) is 1. The molecule has 0 fully saturated rings. The van der Waals surface area contributed by atoms with Crippen molar-refractivity contribution in [3.8, 4) is 0 Å². The Morgan fingerprint density at radius 3 is 2.67 bits per heavy atom. The van der Waals surface area contributed by atoms with Crippen molar-refractivity contribution in [1.82, 2.24) is 0 Å². The van der Waals surface area contributed by atoms with E-state index in [-0.39, 0.29) is 5.92 Å². The van der Waals surface area contributed by atoms with Gasteiger partial charge in [0.1, 0.15) is 11.2 Å². The summed E-state index contributed by atoms with van der Waals surface area (Å²) in [4.78, 5) is 2.03. The second-order valence-electron chi connectivity index (χ2n) is 7.50. The molecule has 27 heavy (non-hydrogen) atoms. The SMILES string of the molecule is [2H]C([2H])([2H])C1=Cc2ccccc2N(c2cc(C([2H])([2H])C(C)C)c3ccccc3[n+]2C)B1C. The number of para-hydroxylation sites is 2. The first-order valence-electron chi connectivity index (χ1n) is 12.0. The third kappa shape index (κ3) is 3.05. The monoisotopic (exact) mass is 360 g/mol. The molecule has 0 spiro atoms. The van der Waals surface area contributed by atoms with Gasteiger partial charge in [0.2, 0.25) is 0 Å². The number of pyridine rings is 1. The van der Waals surface area contributed by atoms with E-state index >= 15 is 0 Å². The Balaban J connectivity index is 2.05. The van der Waals surface area contributed by atoms with Crippen LogP contribution in [0.5, 0.6) is 0 Å². The van der Waals surface area contributed by atoms with E-state index in [2.05, 4.69) is 0 Å². The fourth-order valence-electron chi connectivity index (χ4n) is 3.87. The van der Waals surface area contributed by atoms with Gasteiger partial charge >= 0.3 is 6.85 Å². The number of rotatable bonds is 3. The number of anilines is 2. The largest absolute Gasteiger partial charge is 0.405 e. The molecule has 2 nitrogen and oxygen atoms in total. The molecule has 0 bridgehead atoms. The minimum atomic E-state index is -2.23. The lowest BCUT2D eigenvalue weighted by Gasteiger charge is -2.29. The summed E-state index contributed by atoms with van der Waals surface area (Å²) in [7, 11) is 1.95. The Hall–Kier alpha value is -2.55. The smallest absolute Gasteiger partial charge is 0.287 e. The van der Waals surface area contributed by atoms with E-state index in [9.17, 15) is 0 Å². The number of hydrogen-bond donors (Lipinski definition) is 0. The first-order chi connectivity index (χ1) is 14.9. The van der Waals surface area contributed by atoms with Crippen molar-refractivity contribution >= 4 is 35.3 Å². The number of nitrogens with zero attached hydrogens (tertiary/aromatic N) is 2. The topological polar surface area (TPSA) is 7.12 Å². The number of fused-ring (bicyclic) bond motifs is 2. The lowest BCUT2D eigenvalue weighted by atomic mass is 9.54. The summed E-state index contributed by atoms with van der Waals surface area (Å²) < 4.78 is 44.1. The van der Waals surface area contributed by atoms with Crippen molar-refractivity contribution in [2.75, 3.05) is 4.81 Å². The standard InChI is InChI=1S/C24H28BN2/c1-17(2)14-20-16-24(26(5)23-13-9-7-11-21(20)23)27-22-12-8-6-10-19(22)15-18(3)25(27)4/h6-13,15-17H,14H2,1-5H3/q+1/i3D3,14D2. The van der Waals surface area contributed by atoms with Gasteiger partial charge in [-0.2, -0.15) is 0 Å². The van der Waals surface area contributed by atoms with Gasteiger partial charge in [0.05, 0.1) is 7.05 Å². The van der Waals surface area contributed by atoms with Crippen molar-refractivity contribution in [2.45, 2.75) is 33.9 Å². The van der Waals surface area contributed by atoms with Gasteiger partial charge in [0.25, 0.3) is 5.82 Å². The first-order valence-corrected chi connectivity index (χ1v) is 9.47. The van der Waals surface area contributed by atoms with E-state index in [4.69, 9.17) is 6.85 Å². The molecule has 0 radical (unpaired) electrons. The molecule has 0 amide bonds. The molecule has 1 aliphatic rings. The third-order valence-electron chi connectivity index (χ3n) is 5.21. The molecule has 2 heterocycles. The van der Waals surface area contributed by atoms with Gasteiger partial charge in [-0.05, 0) is 43.7 Å². The maximum absolute atomic E-state index is 8.86. The van der Waals surface area contributed by atoms with E-state index in [0.717, 1.165) is 28.0 Å². The van der Waals surface area contributed by atoms with Crippen molar-refractivity contribution in [2.24, 2.45) is 13.0 Å². The van der Waals surface area contributed by atoms with Gasteiger partial charge in [0, 0.05) is 23.9 Å². The molecule has 1 aromatic heterocycles. The second kappa shape index (κ2) is 6.88. The molecule has 4 rings (SSSR count). The van der Waals surface area contributed by atoms with Crippen LogP contribution in [0.2, 0.25) is 6.82 Å². The highest BCUT2D eigenvalue weighted by molar-refractivity contribution is 6.72. The third-order valence-corrected chi connectivity index (χ3v) is 5.21. The van der Waals surface area contributed by atoms with Gasteiger partial charge in [-0.3, -0.25) is 4.81 Å². The van der Waals surface area contributed by atoms with Gasteiger partial charge in [-0.1, -0.05) is 61.8 Å². The summed E-state index contributed by atoms with van der Waals surface area (Å²) in [5.41, 5.74) is 3.65. The molecular formula is C24H28BN2+. The van der Waals surface area contributed by atoms with E-state index in [0.29, 0.717) is 11.0 Å². The van der Waals surface area contributed by atoms with Crippen molar-refractivity contribution in [3.63, 3.8) is 0 Å². The summed E-state index contributed by atoms with van der Waals surface area (Å²) in [5, 5.41) is 0.863. The molecule has 136 valence electrons. The minimum Gasteiger partial charge on any atom is -0.287 e. The molecule has 1 aliphatic heterocycles. The zero-order valence-electron chi connectivity index (χ0n) is 21.3. The molecule has 0 saturated heterocycles. The van der Waals surface area contributed by atoms with Gasteiger partial charge in [-0.25, -0.2) is 4.57 Å². The highest BCUT2D eigenvalue weighted by atomic mass is 15.2. The molecular weight excluding hydrogens is 327 g/mol. The first kappa shape index (κ1) is 12.8. The Labute approximate surface area is 170 Å². The maximum Gasteiger partial charge on any atom is 0.405 e. The fraction of sp³-hybridized carbons (Fsp3) is 0.292. The molecule has 0 atom stereocenters. The van der Waals surface area contributed by atoms with E-state index in [1.54, 1.807) is 6.08 Å². The Kier molecular flexibility index (Phi) is 3.26. The highest BCUT2D eigenvalue weighted by Gasteiger charge is 2.37. The summed E-state index contributed by atoms with van der Waals surface area (Å²) in [6.45, 7) is 3.03. The highest BCUT2D eigenvalue weighted by Crippen LogP contribution is 2.36. The summed E-state index contributed by atoms with van der Waals surface area (Å²) in [5.74, 6) is 0.536. The van der Waals surface area contributed by atoms with Crippen molar-refractivity contribution in [1.29, 1.82) is 0 Å². The van der Waals surface area contributed by atoms with Gasteiger partial charge in [-0.15, -0.1) is 0 Å². The molecule has 0 saturated carbocycles. The molecule has 2 aromatic carbocycles. The number of aryl methyl sites for hydroxylation is 1. The average Bonchev–Trinajstić information content (AvgIpc) is 2.73. The van der Waals surface area contributed by atoms with Crippen LogP contribution >= 0.6 is 0 Å². The van der Waals surface area contributed by atoms with Gasteiger partial charge in [0.15, 0.2) is 0 Å². The molecule has 0 aliphatic carbocycles. The van der Waals surface area contributed by atoms with Gasteiger partial charge < -0.3 is 0 Å². The number of allylic oxidation sites excluding steroid dienone is 1. The quantitative estimate of drug-likeness (QED) is 0.437. The Morgan fingerprint density at radius 2 is 1.89 bits per heavy atom. The Bertz CT molecular complexity index is 1220. The maximum atomic E-state index is 8.86. The predicted molar refractivity (Wildman–Crippen MR) is 118 cm³/mol. The fourth-order valence-corrected chi connectivity index (χ4v) is 3.87.